The van der Waals surface area contributed by atoms with Crippen LogP contribution in [0.4, 0.5) is 0 Å². The quantitative estimate of drug-likeness (QED) is 0.873. The van der Waals surface area contributed by atoms with E-state index in [1.165, 1.54) is 0 Å². The average molecular weight is 305 g/mol. The van der Waals surface area contributed by atoms with Crippen LogP contribution in [0.1, 0.15) is 24.0 Å². The number of hydrogen-bond acceptors (Lipinski definition) is 3. The van der Waals surface area contributed by atoms with E-state index < -0.39 is 5.60 Å². The second kappa shape index (κ2) is 4.62. The van der Waals surface area contributed by atoms with E-state index in [4.69, 9.17) is 4.74 Å². The molecule has 1 fully saturated rings. The van der Waals surface area contributed by atoms with Gasteiger partial charge in [-0.1, -0.05) is 36.4 Å². The standard InChI is InChI=1S/C20H19NO2/c22-20(17-13-21-11-9-14(17)10-12-21)15-5-1-3-7-18(15)23-19-8-4-2-6-16(19)20/h1-8,13-14,22H,9-12H2. The van der Waals surface area contributed by atoms with Gasteiger partial charge in [0.2, 0.25) is 0 Å². The van der Waals surface area contributed by atoms with Gasteiger partial charge in [0.05, 0.1) is 0 Å². The summed E-state index contributed by atoms with van der Waals surface area (Å²) in [4.78, 5) is 2.34. The molecule has 4 aliphatic heterocycles. The minimum absolute atomic E-state index is 0.448. The summed E-state index contributed by atoms with van der Waals surface area (Å²) in [6.07, 6.45) is 4.44. The molecule has 0 saturated carbocycles. The highest BCUT2D eigenvalue weighted by Gasteiger charge is 2.47. The van der Waals surface area contributed by atoms with Gasteiger partial charge in [-0.15, -0.1) is 0 Å². The predicted octanol–water partition coefficient (Wildman–Crippen LogP) is 3.64. The molecule has 6 rings (SSSR count). The molecular formula is C20H19NO2. The van der Waals surface area contributed by atoms with E-state index in [2.05, 4.69) is 11.1 Å². The molecule has 1 N–H and O–H groups in total. The summed E-state index contributed by atoms with van der Waals surface area (Å²) in [5, 5.41) is 11.9. The second-order valence-corrected chi connectivity index (χ2v) is 6.70. The fourth-order valence-corrected chi connectivity index (χ4v) is 4.31. The van der Waals surface area contributed by atoms with Crippen molar-refractivity contribution in [3.05, 3.63) is 71.4 Å². The van der Waals surface area contributed by atoms with Gasteiger partial charge < -0.3 is 14.7 Å². The highest BCUT2D eigenvalue weighted by Crippen LogP contribution is 2.53. The number of fused-ring (bicyclic) bond motifs is 4. The third kappa shape index (κ3) is 1.74. The molecule has 0 spiro atoms. The number of hydrogen-bond donors (Lipinski definition) is 1. The van der Waals surface area contributed by atoms with Crippen molar-refractivity contribution >= 4 is 0 Å². The van der Waals surface area contributed by atoms with Crippen LogP contribution in [0, 0.1) is 5.92 Å². The highest BCUT2D eigenvalue weighted by molar-refractivity contribution is 5.60. The maximum atomic E-state index is 11.9. The number of para-hydroxylation sites is 2. The fourth-order valence-electron chi connectivity index (χ4n) is 4.31. The average Bonchev–Trinajstić information content (AvgIpc) is 2.63. The van der Waals surface area contributed by atoms with Crippen LogP contribution in [-0.4, -0.2) is 23.1 Å². The Morgan fingerprint density at radius 1 is 0.913 bits per heavy atom. The Labute approximate surface area is 135 Å². The second-order valence-electron chi connectivity index (χ2n) is 6.70. The van der Waals surface area contributed by atoms with Crippen molar-refractivity contribution in [2.75, 3.05) is 13.1 Å². The van der Waals surface area contributed by atoms with E-state index in [1.807, 2.05) is 48.5 Å². The summed E-state index contributed by atoms with van der Waals surface area (Å²) in [6.45, 7) is 2.20. The number of benzene rings is 2. The van der Waals surface area contributed by atoms with Crippen molar-refractivity contribution in [1.82, 2.24) is 4.90 Å². The smallest absolute Gasteiger partial charge is 0.145 e. The number of piperidine rings is 1. The monoisotopic (exact) mass is 305 g/mol. The summed E-state index contributed by atoms with van der Waals surface area (Å²) in [6, 6.07) is 15.7. The van der Waals surface area contributed by atoms with Crippen LogP contribution < -0.4 is 4.74 Å². The number of nitrogens with zero attached hydrogens (tertiary/aromatic N) is 1. The van der Waals surface area contributed by atoms with Crippen LogP contribution in [0.5, 0.6) is 11.5 Å². The van der Waals surface area contributed by atoms with Crippen LogP contribution in [0.3, 0.4) is 0 Å². The highest BCUT2D eigenvalue weighted by atomic mass is 16.5. The summed E-state index contributed by atoms with van der Waals surface area (Å²) in [7, 11) is 0. The maximum absolute atomic E-state index is 11.9. The number of rotatable bonds is 1. The van der Waals surface area contributed by atoms with Gasteiger partial charge in [0.25, 0.3) is 0 Å². The maximum Gasteiger partial charge on any atom is 0.145 e. The topological polar surface area (TPSA) is 32.7 Å². The Bertz CT molecular complexity index is 757. The molecule has 4 aliphatic rings. The zero-order valence-corrected chi connectivity index (χ0v) is 12.9. The third-order valence-corrected chi connectivity index (χ3v) is 5.48. The molecule has 0 radical (unpaired) electrons. The van der Waals surface area contributed by atoms with Crippen molar-refractivity contribution < 1.29 is 9.84 Å². The molecule has 2 aromatic rings. The van der Waals surface area contributed by atoms with Crippen molar-refractivity contribution in [2.24, 2.45) is 5.92 Å². The predicted molar refractivity (Wildman–Crippen MR) is 88.3 cm³/mol. The first-order valence-electron chi connectivity index (χ1n) is 8.32. The first kappa shape index (κ1) is 13.2. The molecule has 3 nitrogen and oxygen atoms in total. The summed E-state index contributed by atoms with van der Waals surface area (Å²) in [5.74, 6) is 1.96. The van der Waals surface area contributed by atoms with Crippen molar-refractivity contribution in [2.45, 2.75) is 18.4 Å². The Morgan fingerprint density at radius 3 is 2.00 bits per heavy atom. The third-order valence-electron chi connectivity index (χ3n) is 5.48. The van der Waals surface area contributed by atoms with E-state index >= 15 is 0 Å². The van der Waals surface area contributed by atoms with E-state index in [-0.39, 0.29) is 0 Å². The van der Waals surface area contributed by atoms with Gasteiger partial charge in [-0.2, -0.15) is 0 Å². The lowest BCUT2D eigenvalue weighted by atomic mass is 9.69. The molecular weight excluding hydrogens is 286 g/mol. The first-order chi connectivity index (χ1) is 11.3. The summed E-state index contributed by atoms with van der Waals surface area (Å²) < 4.78 is 6.04. The van der Waals surface area contributed by atoms with Crippen LogP contribution in [0.2, 0.25) is 0 Å². The molecule has 23 heavy (non-hydrogen) atoms. The van der Waals surface area contributed by atoms with Gasteiger partial charge in [0, 0.05) is 30.4 Å². The molecule has 0 amide bonds. The summed E-state index contributed by atoms with van der Waals surface area (Å²) in [5.41, 5.74) is 1.76. The van der Waals surface area contributed by atoms with Crippen molar-refractivity contribution in [3.8, 4) is 11.5 Å². The molecule has 0 aromatic heterocycles. The number of ether oxygens (including phenoxy) is 1. The van der Waals surface area contributed by atoms with Crippen LogP contribution in [0.25, 0.3) is 0 Å². The lowest BCUT2D eigenvalue weighted by molar-refractivity contribution is 0.0737. The largest absolute Gasteiger partial charge is 0.457 e. The van der Waals surface area contributed by atoms with Gasteiger partial charge in [-0.05, 0) is 36.5 Å². The Kier molecular flexibility index (Phi) is 2.65. The molecule has 1 saturated heterocycles. The lowest BCUT2D eigenvalue weighted by Gasteiger charge is -2.47. The fraction of sp³-hybridized carbons (Fsp3) is 0.300. The Morgan fingerprint density at radius 2 is 1.48 bits per heavy atom. The van der Waals surface area contributed by atoms with Gasteiger partial charge >= 0.3 is 0 Å². The van der Waals surface area contributed by atoms with Crippen molar-refractivity contribution in [1.29, 1.82) is 0 Å². The zero-order chi connectivity index (χ0) is 15.4. The van der Waals surface area contributed by atoms with Crippen LogP contribution in [-0.2, 0) is 5.60 Å². The van der Waals surface area contributed by atoms with E-state index in [1.54, 1.807) is 0 Å². The van der Waals surface area contributed by atoms with Gasteiger partial charge in [-0.25, -0.2) is 0 Å². The minimum atomic E-state index is -1.09. The van der Waals surface area contributed by atoms with E-state index in [0.29, 0.717) is 5.92 Å². The van der Waals surface area contributed by atoms with Gasteiger partial charge in [0.1, 0.15) is 17.1 Å². The molecule has 4 heterocycles. The molecule has 0 aliphatic carbocycles. The van der Waals surface area contributed by atoms with Crippen molar-refractivity contribution in [3.63, 3.8) is 0 Å². The first-order valence-corrected chi connectivity index (χ1v) is 8.32. The zero-order valence-electron chi connectivity index (χ0n) is 12.9. The van der Waals surface area contributed by atoms with Crippen LogP contribution >= 0.6 is 0 Å². The van der Waals surface area contributed by atoms with Gasteiger partial charge in [-0.3, -0.25) is 0 Å². The van der Waals surface area contributed by atoms with E-state index in [9.17, 15) is 5.11 Å². The Hall–Kier alpha value is -2.26. The van der Waals surface area contributed by atoms with Gasteiger partial charge in [0.15, 0.2) is 0 Å². The van der Waals surface area contributed by atoms with Crippen LogP contribution in [0.15, 0.2) is 60.3 Å². The SMILES string of the molecule is OC1(C2=CN3CCC2CC3)c2ccccc2Oc2ccccc21. The molecule has 116 valence electrons. The summed E-state index contributed by atoms with van der Waals surface area (Å²) >= 11 is 0. The molecule has 3 heteroatoms. The lowest BCUT2D eigenvalue weighted by Crippen LogP contribution is -2.44. The normalized spacial score (nSPS) is 21.3. The molecule has 0 atom stereocenters. The molecule has 2 aromatic carbocycles. The molecule has 0 unspecified atom stereocenters. The molecule has 2 bridgehead atoms. The Balaban J connectivity index is 1.79. The van der Waals surface area contributed by atoms with E-state index in [0.717, 1.165) is 54.1 Å². The minimum Gasteiger partial charge on any atom is -0.457 e. The number of aliphatic hydroxyl groups is 1.